The maximum absolute atomic E-state index is 12.0. The number of hydrogen-bond acceptors (Lipinski definition) is 3. The van der Waals surface area contributed by atoms with Crippen molar-refractivity contribution in [2.24, 2.45) is 5.41 Å². The van der Waals surface area contributed by atoms with Crippen LogP contribution in [0.4, 0.5) is 0 Å². The summed E-state index contributed by atoms with van der Waals surface area (Å²) in [5.41, 5.74) is -0.958. The van der Waals surface area contributed by atoms with Crippen molar-refractivity contribution in [3.63, 3.8) is 0 Å². The van der Waals surface area contributed by atoms with Crippen molar-refractivity contribution in [3.8, 4) is 0 Å². The molecule has 0 saturated heterocycles. The predicted octanol–water partition coefficient (Wildman–Crippen LogP) is 1.40. The third kappa shape index (κ3) is 5.02. The molecule has 1 aliphatic carbocycles. The zero-order chi connectivity index (χ0) is 15.9. The highest BCUT2D eigenvalue weighted by atomic mass is 16.4. The van der Waals surface area contributed by atoms with Crippen LogP contribution in [0.5, 0.6) is 0 Å². The summed E-state index contributed by atoms with van der Waals surface area (Å²) in [6, 6.07) is 0. The molecular weight excluding hydrogens is 272 g/mol. The molecular formula is C15H26N2O4. The summed E-state index contributed by atoms with van der Waals surface area (Å²) in [5, 5.41) is 12.1. The van der Waals surface area contributed by atoms with Gasteiger partial charge in [0.2, 0.25) is 11.8 Å². The Bertz CT molecular complexity index is 387. The van der Waals surface area contributed by atoms with E-state index in [1.165, 1.54) is 4.90 Å². The van der Waals surface area contributed by atoms with Crippen molar-refractivity contribution in [1.82, 2.24) is 10.2 Å². The van der Waals surface area contributed by atoms with Crippen LogP contribution in [-0.4, -0.2) is 47.9 Å². The maximum atomic E-state index is 12.0. The summed E-state index contributed by atoms with van der Waals surface area (Å²) in [6.07, 6.45) is 4.78. The van der Waals surface area contributed by atoms with Crippen LogP contribution in [0.15, 0.2) is 0 Å². The second-order valence-electron chi connectivity index (χ2n) is 5.86. The summed E-state index contributed by atoms with van der Waals surface area (Å²) in [5.74, 6) is -1.41. The van der Waals surface area contributed by atoms with E-state index in [0.29, 0.717) is 19.4 Å². The molecule has 6 nitrogen and oxygen atoms in total. The Hall–Kier alpha value is -1.59. The van der Waals surface area contributed by atoms with Gasteiger partial charge in [-0.1, -0.05) is 25.7 Å². The SMILES string of the molecule is CCN(C)C(=O)CNC(=O)CC1(C(=O)O)CCCCCC1. The lowest BCUT2D eigenvalue weighted by atomic mass is 9.77. The number of nitrogens with zero attached hydrogens (tertiary/aromatic N) is 1. The molecule has 6 heteroatoms. The fraction of sp³-hybridized carbons (Fsp3) is 0.800. The van der Waals surface area contributed by atoms with E-state index in [2.05, 4.69) is 5.32 Å². The molecule has 0 unspecified atom stereocenters. The lowest BCUT2D eigenvalue weighted by Crippen LogP contribution is -2.41. The van der Waals surface area contributed by atoms with Crippen LogP contribution >= 0.6 is 0 Å². The number of likely N-dealkylation sites (N-methyl/N-ethyl adjacent to an activating group) is 1. The fourth-order valence-electron chi connectivity index (χ4n) is 2.73. The van der Waals surface area contributed by atoms with Crippen LogP contribution in [0.3, 0.4) is 0 Å². The Morgan fingerprint density at radius 3 is 2.19 bits per heavy atom. The fourth-order valence-corrected chi connectivity index (χ4v) is 2.73. The molecule has 0 aliphatic heterocycles. The molecule has 2 N–H and O–H groups in total. The summed E-state index contributed by atoms with van der Waals surface area (Å²) in [4.78, 5) is 36.8. The van der Waals surface area contributed by atoms with Gasteiger partial charge in [-0.3, -0.25) is 14.4 Å². The Kier molecular flexibility index (Phi) is 6.65. The van der Waals surface area contributed by atoms with E-state index in [9.17, 15) is 19.5 Å². The number of hydrogen-bond donors (Lipinski definition) is 2. The van der Waals surface area contributed by atoms with Crippen LogP contribution in [0.2, 0.25) is 0 Å². The molecule has 120 valence electrons. The number of carbonyl (C=O) groups is 3. The lowest BCUT2D eigenvalue weighted by Gasteiger charge is -2.27. The van der Waals surface area contributed by atoms with Crippen molar-refractivity contribution < 1.29 is 19.5 Å². The number of aliphatic carboxylic acids is 1. The van der Waals surface area contributed by atoms with E-state index in [1.807, 2.05) is 6.92 Å². The first-order chi connectivity index (χ1) is 9.91. The average Bonchev–Trinajstić information content (AvgIpc) is 2.70. The molecule has 0 aromatic rings. The van der Waals surface area contributed by atoms with Crippen molar-refractivity contribution in [1.29, 1.82) is 0 Å². The highest BCUT2D eigenvalue weighted by molar-refractivity contribution is 5.88. The summed E-state index contributed by atoms with van der Waals surface area (Å²) < 4.78 is 0. The monoisotopic (exact) mass is 298 g/mol. The van der Waals surface area contributed by atoms with E-state index in [-0.39, 0.29) is 24.8 Å². The van der Waals surface area contributed by atoms with Gasteiger partial charge in [0.25, 0.3) is 0 Å². The van der Waals surface area contributed by atoms with Crippen LogP contribution in [0.1, 0.15) is 51.9 Å². The number of carboxylic acids is 1. The van der Waals surface area contributed by atoms with E-state index in [0.717, 1.165) is 25.7 Å². The second-order valence-corrected chi connectivity index (χ2v) is 5.86. The zero-order valence-electron chi connectivity index (χ0n) is 13.0. The third-order valence-electron chi connectivity index (χ3n) is 4.35. The van der Waals surface area contributed by atoms with Gasteiger partial charge < -0.3 is 15.3 Å². The minimum atomic E-state index is -0.958. The molecule has 2 amide bonds. The van der Waals surface area contributed by atoms with Crippen LogP contribution in [0.25, 0.3) is 0 Å². The molecule has 1 rings (SSSR count). The highest BCUT2D eigenvalue weighted by Gasteiger charge is 2.40. The molecule has 21 heavy (non-hydrogen) atoms. The van der Waals surface area contributed by atoms with E-state index in [1.54, 1.807) is 7.05 Å². The smallest absolute Gasteiger partial charge is 0.310 e. The van der Waals surface area contributed by atoms with Gasteiger partial charge in [0.15, 0.2) is 0 Å². The first kappa shape index (κ1) is 17.5. The first-order valence-corrected chi connectivity index (χ1v) is 7.65. The zero-order valence-corrected chi connectivity index (χ0v) is 13.0. The van der Waals surface area contributed by atoms with Crippen LogP contribution < -0.4 is 5.32 Å². The minimum Gasteiger partial charge on any atom is -0.481 e. The van der Waals surface area contributed by atoms with Gasteiger partial charge in [-0.05, 0) is 19.8 Å². The quantitative estimate of drug-likeness (QED) is 0.726. The Morgan fingerprint density at radius 1 is 1.14 bits per heavy atom. The van der Waals surface area contributed by atoms with Crippen LogP contribution in [-0.2, 0) is 14.4 Å². The molecule has 0 aromatic heterocycles. The number of nitrogens with one attached hydrogen (secondary N) is 1. The Morgan fingerprint density at radius 2 is 1.71 bits per heavy atom. The third-order valence-corrected chi connectivity index (χ3v) is 4.35. The number of amides is 2. The molecule has 1 fully saturated rings. The van der Waals surface area contributed by atoms with Crippen molar-refractivity contribution in [2.75, 3.05) is 20.1 Å². The molecule has 0 heterocycles. The van der Waals surface area contributed by atoms with E-state index >= 15 is 0 Å². The highest BCUT2D eigenvalue weighted by Crippen LogP contribution is 2.38. The van der Waals surface area contributed by atoms with Gasteiger partial charge in [0.1, 0.15) is 0 Å². The summed E-state index contributed by atoms with van der Waals surface area (Å²) in [7, 11) is 1.67. The van der Waals surface area contributed by atoms with E-state index < -0.39 is 11.4 Å². The maximum Gasteiger partial charge on any atom is 0.310 e. The minimum absolute atomic E-state index is 0.0363. The second kappa shape index (κ2) is 8.00. The van der Waals surface area contributed by atoms with Gasteiger partial charge in [0.05, 0.1) is 12.0 Å². The summed E-state index contributed by atoms with van der Waals surface area (Å²) >= 11 is 0. The van der Waals surface area contributed by atoms with Crippen molar-refractivity contribution >= 4 is 17.8 Å². The molecule has 0 bridgehead atoms. The van der Waals surface area contributed by atoms with Crippen LogP contribution in [0, 0.1) is 5.41 Å². The molecule has 1 aliphatic rings. The molecule has 0 radical (unpaired) electrons. The topological polar surface area (TPSA) is 86.7 Å². The predicted molar refractivity (Wildman–Crippen MR) is 78.7 cm³/mol. The molecule has 0 spiro atoms. The largest absolute Gasteiger partial charge is 0.481 e. The molecule has 1 saturated carbocycles. The average molecular weight is 298 g/mol. The molecule has 0 aromatic carbocycles. The van der Waals surface area contributed by atoms with Gasteiger partial charge >= 0.3 is 5.97 Å². The number of carbonyl (C=O) groups excluding carboxylic acids is 2. The molecule has 0 atom stereocenters. The Balaban J connectivity index is 2.57. The first-order valence-electron chi connectivity index (χ1n) is 7.65. The van der Waals surface area contributed by atoms with Gasteiger partial charge in [-0.15, -0.1) is 0 Å². The van der Waals surface area contributed by atoms with E-state index in [4.69, 9.17) is 0 Å². The van der Waals surface area contributed by atoms with Gasteiger partial charge in [0, 0.05) is 20.0 Å². The normalized spacial score (nSPS) is 17.6. The number of rotatable bonds is 6. The van der Waals surface area contributed by atoms with Gasteiger partial charge in [-0.2, -0.15) is 0 Å². The standard InChI is InChI=1S/C15H26N2O4/c1-3-17(2)13(19)11-16-12(18)10-15(14(20)21)8-6-4-5-7-9-15/h3-11H2,1-2H3,(H,16,18)(H,20,21). The summed E-state index contributed by atoms with van der Waals surface area (Å²) in [6.45, 7) is 2.36. The van der Waals surface area contributed by atoms with Crippen molar-refractivity contribution in [2.45, 2.75) is 51.9 Å². The Labute approximate surface area is 125 Å². The van der Waals surface area contributed by atoms with Crippen molar-refractivity contribution in [3.05, 3.63) is 0 Å². The van der Waals surface area contributed by atoms with Gasteiger partial charge in [-0.25, -0.2) is 0 Å². The lowest BCUT2D eigenvalue weighted by molar-refractivity contribution is -0.152. The number of carboxylic acid groups (broad SMARTS) is 1.